The lowest BCUT2D eigenvalue weighted by molar-refractivity contribution is -0.137. The van der Waals surface area contributed by atoms with Crippen LogP contribution in [0.4, 0.5) is 4.39 Å². The van der Waals surface area contributed by atoms with Crippen LogP contribution in [0.5, 0.6) is 5.75 Å². The van der Waals surface area contributed by atoms with E-state index in [4.69, 9.17) is 9.84 Å². The fourth-order valence-electron chi connectivity index (χ4n) is 2.06. The van der Waals surface area contributed by atoms with Gasteiger partial charge in [-0.25, -0.2) is 4.39 Å². The van der Waals surface area contributed by atoms with Gasteiger partial charge in [-0.2, -0.15) is 0 Å². The van der Waals surface area contributed by atoms with Gasteiger partial charge in [0.1, 0.15) is 11.6 Å². The summed E-state index contributed by atoms with van der Waals surface area (Å²) in [5, 5.41) is 8.82. The molecule has 0 amide bonds. The van der Waals surface area contributed by atoms with Gasteiger partial charge in [0.15, 0.2) is 0 Å². The highest BCUT2D eigenvalue weighted by Crippen LogP contribution is 2.35. The maximum Gasteiger partial charge on any atom is 0.303 e. The highest BCUT2D eigenvalue weighted by atomic mass is 19.1. The number of carboxylic acids is 1. The third-order valence-corrected chi connectivity index (χ3v) is 2.79. The summed E-state index contributed by atoms with van der Waals surface area (Å²) in [4.78, 5) is 10.7. The summed E-state index contributed by atoms with van der Waals surface area (Å²) >= 11 is 0. The van der Waals surface area contributed by atoms with E-state index in [1.807, 2.05) is 0 Å². The fourth-order valence-corrected chi connectivity index (χ4v) is 2.06. The number of benzene rings is 1. The van der Waals surface area contributed by atoms with Crippen LogP contribution in [0.2, 0.25) is 0 Å². The smallest absolute Gasteiger partial charge is 0.303 e. The van der Waals surface area contributed by atoms with E-state index in [0.29, 0.717) is 12.4 Å². The zero-order chi connectivity index (χ0) is 11.5. The molecule has 1 aliphatic heterocycles. The lowest BCUT2D eigenvalue weighted by atomic mass is 9.91. The average Bonchev–Trinajstić information content (AvgIpc) is 2.40. The van der Waals surface area contributed by atoms with Crippen molar-refractivity contribution in [2.75, 3.05) is 6.61 Å². The Morgan fingerprint density at radius 1 is 1.56 bits per heavy atom. The van der Waals surface area contributed by atoms with Gasteiger partial charge in [0.2, 0.25) is 0 Å². The molecule has 1 atom stereocenters. The average molecular weight is 224 g/mol. The molecule has 2 rings (SSSR count). The molecule has 3 nitrogen and oxygen atoms in total. The van der Waals surface area contributed by atoms with E-state index >= 15 is 0 Å². The first-order valence-corrected chi connectivity index (χ1v) is 5.31. The number of rotatable bonds is 2. The van der Waals surface area contributed by atoms with Gasteiger partial charge >= 0.3 is 5.97 Å². The predicted octanol–water partition coefficient (Wildman–Crippen LogP) is 2.56. The summed E-state index contributed by atoms with van der Waals surface area (Å²) in [6, 6.07) is 4.31. The van der Waals surface area contributed by atoms with Gasteiger partial charge in [-0.1, -0.05) is 6.07 Å². The highest BCUT2D eigenvalue weighted by Gasteiger charge is 2.22. The number of halogens is 1. The molecule has 16 heavy (non-hydrogen) atoms. The van der Waals surface area contributed by atoms with E-state index in [1.54, 1.807) is 6.07 Å². The molecule has 0 bridgehead atoms. The Kier molecular flexibility index (Phi) is 3.08. The molecule has 0 aliphatic carbocycles. The monoisotopic (exact) mass is 224 g/mol. The zero-order valence-electron chi connectivity index (χ0n) is 8.78. The topological polar surface area (TPSA) is 46.5 Å². The van der Waals surface area contributed by atoms with Gasteiger partial charge < -0.3 is 9.84 Å². The number of hydrogen-bond donors (Lipinski definition) is 1. The maximum absolute atomic E-state index is 13.0. The molecule has 4 heteroatoms. The van der Waals surface area contributed by atoms with Crippen molar-refractivity contribution in [2.45, 2.75) is 25.2 Å². The van der Waals surface area contributed by atoms with E-state index in [9.17, 15) is 9.18 Å². The molecule has 1 unspecified atom stereocenters. The Morgan fingerprint density at radius 3 is 3.12 bits per heavy atom. The Labute approximate surface area is 92.9 Å². The van der Waals surface area contributed by atoms with Crippen LogP contribution >= 0.6 is 0 Å². The minimum Gasteiger partial charge on any atom is -0.493 e. The van der Waals surface area contributed by atoms with E-state index in [2.05, 4.69) is 0 Å². The largest absolute Gasteiger partial charge is 0.493 e. The summed E-state index contributed by atoms with van der Waals surface area (Å²) in [6.07, 6.45) is 1.64. The molecule has 0 spiro atoms. The molecule has 0 saturated heterocycles. The van der Waals surface area contributed by atoms with Crippen LogP contribution in [0.15, 0.2) is 18.2 Å². The third-order valence-electron chi connectivity index (χ3n) is 2.79. The van der Waals surface area contributed by atoms with Crippen LogP contribution in [-0.2, 0) is 4.79 Å². The van der Waals surface area contributed by atoms with Crippen LogP contribution < -0.4 is 4.74 Å². The lowest BCUT2D eigenvalue weighted by Gasteiger charge is -2.14. The summed E-state index contributed by atoms with van der Waals surface area (Å²) in [7, 11) is 0. The zero-order valence-corrected chi connectivity index (χ0v) is 8.78. The van der Waals surface area contributed by atoms with E-state index in [-0.39, 0.29) is 18.2 Å². The molecule has 0 saturated carbocycles. The van der Waals surface area contributed by atoms with Crippen LogP contribution in [0, 0.1) is 5.82 Å². The van der Waals surface area contributed by atoms with E-state index in [0.717, 1.165) is 18.4 Å². The molecule has 0 fully saturated rings. The second-order valence-corrected chi connectivity index (χ2v) is 3.97. The number of carboxylic acid groups (broad SMARTS) is 1. The van der Waals surface area contributed by atoms with Crippen LogP contribution in [0.25, 0.3) is 0 Å². The summed E-state index contributed by atoms with van der Waals surface area (Å²) in [6.45, 7) is 0.520. The number of fused-ring (bicyclic) bond motifs is 1. The summed E-state index contributed by atoms with van der Waals surface area (Å²) < 4.78 is 18.4. The van der Waals surface area contributed by atoms with E-state index < -0.39 is 5.97 Å². The number of aliphatic carboxylic acids is 1. The molecule has 0 aromatic heterocycles. The summed E-state index contributed by atoms with van der Waals surface area (Å²) in [5.74, 6) is -0.767. The van der Waals surface area contributed by atoms with Crippen molar-refractivity contribution in [1.29, 1.82) is 0 Å². The first kappa shape index (κ1) is 10.9. The van der Waals surface area contributed by atoms with Crippen molar-refractivity contribution in [3.8, 4) is 5.75 Å². The molecule has 86 valence electrons. The molecule has 1 heterocycles. The van der Waals surface area contributed by atoms with Gasteiger partial charge in [0.05, 0.1) is 13.0 Å². The van der Waals surface area contributed by atoms with Crippen molar-refractivity contribution in [2.24, 2.45) is 0 Å². The third kappa shape index (κ3) is 2.32. The first-order chi connectivity index (χ1) is 7.66. The lowest BCUT2D eigenvalue weighted by Crippen LogP contribution is -2.06. The second kappa shape index (κ2) is 4.51. The maximum atomic E-state index is 13.0. The predicted molar refractivity (Wildman–Crippen MR) is 56.1 cm³/mol. The molecule has 1 N–H and O–H groups in total. The van der Waals surface area contributed by atoms with Crippen molar-refractivity contribution in [1.82, 2.24) is 0 Å². The Bertz CT molecular complexity index is 403. The Balaban J connectivity index is 2.32. The fraction of sp³-hybridized carbons (Fsp3) is 0.417. The molecule has 0 radical (unpaired) electrons. The van der Waals surface area contributed by atoms with Crippen molar-refractivity contribution in [3.63, 3.8) is 0 Å². The van der Waals surface area contributed by atoms with Gasteiger partial charge in [-0.15, -0.1) is 0 Å². The highest BCUT2D eigenvalue weighted by molar-refractivity contribution is 5.68. The number of ether oxygens (including phenoxy) is 1. The van der Waals surface area contributed by atoms with Crippen LogP contribution in [0.1, 0.15) is 30.7 Å². The minimum absolute atomic E-state index is 0.0714. The number of carbonyl (C=O) groups is 1. The molecule has 1 aromatic carbocycles. The van der Waals surface area contributed by atoms with Crippen molar-refractivity contribution in [3.05, 3.63) is 29.6 Å². The van der Waals surface area contributed by atoms with E-state index in [1.165, 1.54) is 12.1 Å². The molecular formula is C12H13FO3. The van der Waals surface area contributed by atoms with Crippen molar-refractivity contribution >= 4 is 5.97 Å². The SMILES string of the molecule is O=C(O)CC1CCCOc2cc(F)ccc21. The second-order valence-electron chi connectivity index (χ2n) is 3.97. The van der Waals surface area contributed by atoms with Gasteiger partial charge in [-0.05, 0) is 30.4 Å². The van der Waals surface area contributed by atoms with Gasteiger partial charge in [0.25, 0.3) is 0 Å². The first-order valence-electron chi connectivity index (χ1n) is 5.31. The Morgan fingerprint density at radius 2 is 2.38 bits per heavy atom. The van der Waals surface area contributed by atoms with Gasteiger partial charge in [-0.3, -0.25) is 4.79 Å². The van der Waals surface area contributed by atoms with Crippen molar-refractivity contribution < 1.29 is 19.0 Å². The van der Waals surface area contributed by atoms with Crippen LogP contribution in [0.3, 0.4) is 0 Å². The Hall–Kier alpha value is -1.58. The molecule has 1 aliphatic rings. The standard InChI is InChI=1S/C12H13FO3/c13-9-3-4-10-8(6-12(14)15)2-1-5-16-11(10)7-9/h3-4,7-8H,1-2,5-6H2,(H,14,15). The van der Waals surface area contributed by atoms with Crippen LogP contribution in [-0.4, -0.2) is 17.7 Å². The molecule has 1 aromatic rings. The normalized spacial score (nSPS) is 19.4. The summed E-state index contributed by atoms with van der Waals surface area (Å²) in [5.41, 5.74) is 0.807. The quantitative estimate of drug-likeness (QED) is 0.839. The minimum atomic E-state index is -0.831. The molecular weight excluding hydrogens is 211 g/mol. The number of hydrogen-bond acceptors (Lipinski definition) is 2. The van der Waals surface area contributed by atoms with Gasteiger partial charge in [0, 0.05) is 6.07 Å².